The van der Waals surface area contributed by atoms with Gasteiger partial charge < -0.3 is 5.11 Å². The van der Waals surface area contributed by atoms with Crippen LogP contribution in [0.15, 0.2) is 83.2 Å². The summed E-state index contributed by atoms with van der Waals surface area (Å²) < 4.78 is 28.7. The highest BCUT2D eigenvalue weighted by Crippen LogP contribution is 2.27. The van der Waals surface area contributed by atoms with Gasteiger partial charge in [0, 0.05) is 18.9 Å². The lowest BCUT2D eigenvalue weighted by molar-refractivity contribution is 0.101. The molecule has 0 saturated heterocycles. The molecule has 1 rings (SSSR count). The minimum Gasteiger partial charge on any atom is -0.396 e. The van der Waals surface area contributed by atoms with Gasteiger partial charge >= 0.3 is 0 Å². The van der Waals surface area contributed by atoms with Crippen LogP contribution in [0.5, 0.6) is 0 Å². The van der Waals surface area contributed by atoms with Gasteiger partial charge in [-0.05, 0) is 84.1 Å². The van der Waals surface area contributed by atoms with Gasteiger partial charge in [-0.25, -0.2) is 8.78 Å². The summed E-state index contributed by atoms with van der Waals surface area (Å²) in [5.74, 6) is -2.65. The van der Waals surface area contributed by atoms with Crippen LogP contribution < -0.4 is 0 Å². The van der Waals surface area contributed by atoms with Crippen LogP contribution in [0.2, 0.25) is 0 Å². The molecule has 1 aromatic carbocycles. The monoisotopic (exact) mass is 614 g/mol. The number of halogens is 2. The van der Waals surface area contributed by atoms with Crippen LogP contribution in [0.1, 0.15) is 124 Å². The van der Waals surface area contributed by atoms with Crippen LogP contribution in [-0.2, 0) is 0 Å². The van der Waals surface area contributed by atoms with E-state index >= 15 is 0 Å². The number of Topliss-reactive ketones (excluding diaryl/α,β-unsaturated/α-hetero) is 1. The van der Waals surface area contributed by atoms with Crippen molar-refractivity contribution in [3.8, 4) is 0 Å². The summed E-state index contributed by atoms with van der Waals surface area (Å²) in [6.45, 7) is 32.8. The molecule has 0 unspecified atom stereocenters. The number of aliphatic hydroxyl groups is 1. The molecule has 0 spiro atoms. The summed E-state index contributed by atoms with van der Waals surface area (Å²) in [4.78, 5) is 11.4. The highest BCUT2D eigenvalue weighted by Gasteiger charge is 2.20. The lowest BCUT2D eigenvalue weighted by Crippen LogP contribution is -2.30. The number of ketones is 1. The fourth-order valence-corrected chi connectivity index (χ4v) is 3.85. The van der Waals surface area contributed by atoms with Gasteiger partial charge in [0.2, 0.25) is 0 Å². The zero-order valence-corrected chi connectivity index (χ0v) is 29.5. The fourth-order valence-electron chi connectivity index (χ4n) is 3.85. The second-order valence-electron chi connectivity index (χ2n) is 10.1. The Hall–Kier alpha value is -3.38. The van der Waals surface area contributed by atoms with Crippen LogP contribution in [0.3, 0.4) is 0 Å². The number of allylic oxidation sites excluding steroid dienone is 9. The van der Waals surface area contributed by atoms with E-state index in [9.17, 15) is 13.6 Å². The van der Waals surface area contributed by atoms with Gasteiger partial charge in [-0.3, -0.25) is 9.80 Å². The first-order valence-electron chi connectivity index (χ1n) is 15.6. The van der Waals surface area contributed by atoms with E-state index in [1.807, 2.05) is 52.6 Å². The second-order valence-corrected chi connectivity index (χ2v) is 10.1. The summed E-state index contributed by atoms with van der Waals surface area (Å²) in [6, 6.07) is 2.95. The third-order valence-corrected chi connectivity index (χ3v) is 6.22. The molecule has 44 heavy (non-hydrogen) atoms. The van der Waals surface area contributed by atoms with Crippen molar-refractivity contribution in [3.05, 3.63) is 101 Å². The molecule has 4 nitrogen and oxygen atoms in total. The molecule has 0 fully saturated rings. The predicted octanol–water partition coefficient (Wildman–Crippen LogP) is 11.4. The Kier molecular flexibility index (Phi) is 27.8. The number of aliphatic hydroxyl groups excluding tert-OH is 1. The van der Waals surface area contributed by atoms with Gasteiger partial charge in [0.1, 0.15) is 0 Å². The summed E-state index contributed by atoms with van der Waals surface area (Å²) in [6.07, 6.45) is 14.5. The summed E-state index contributed by atoms with van der Waals surface area (Å²) in [5.41, 5.74) is 4.38. The Morgan fingerprint density at radius 2 is 1.43 bits per heavy atom. The quantitative estimate of drug-likeness (QED) is 0.0981. The molecule has 0 bridgehead atoms. The number of hydrogen-bond donors (Lipinski definition) is 1. The van der Waals surface area contributed by atoms with E-state index in [4.69, 9.17) is 5.11 Å². The number of carbonyl (C=O) groups is 1. The molecule has 0 amide bonds. The molecule has 248 valence electrons. The number of rotatable bonds is 14. The van der Waals surface area contributed by atoms with E-state index in [1.54, 1.807) is 19.1 Å². The largest absolute Gasteiger partial charge is 0.396 e. The molecular formula is C38H60F2N2O2. The average molecular weight is 615 g/mol. The minimum atomic E-state index is -1.12. The number of benzene rings is 1. The molecule has 0 aliphatic heterocycles. The van der Waals surface area contributed by atoms with E-state index in [1.165, 1.54) is 24.6 Å². The number of hydrazone groups is 1. The maximum atomic E-state index is 14.5. The van der Waals surface area contributed by atoms with Gasteiger partial charge in [-0.15, -0.1) is 0 Å². The van der Waals surface area contributed by atoms with Gasteiger partial charge in [-0.2, -0.15) is 5.10 Å². The molecule has 0 atom stereocenters. The summed E-state index contributed by atoms with van der Waals surface area (Å²) in [7, 11) is 0. The first-order valence-corrected chi connectivity index (χ1v) is 15.6. The number of nitrogens with zero attached hydrogens (tertiary/aromatic N) is 2. The van der Waals surface area contributed by atoms with E-state index in [0.717, 1.165) is 48.9 Å². The molecule has 0 heterocycles. The maximum Gasteiger partial charge on any atom is 0.170 e. The first kappa shape index (κ1) is 45.1. The van der Waals surface area contributed by atoms with Crippen molar-refractivity contribution >= 4 is 18.1 Å². The van der Waals surface area contributed by atoms with Crippen LogP contribution in [0.25, 0.3) is 5.57 Å². The number of hydrogen-bond acceptors (Lipinski definition) is 4. The summed E-state index contributed by atoms with van der Waals surface area (Å²) in [5, 5.41) is 14.0. The highest BCUT2D eigenvalue weighted by atomic mass is 19.2. The normalized spacial score (nSPS) is 11.7. The Balaban J connectivity index is -0.000000927. The fraction of sp³-hybridized carbons (Fsp3) is 0.474. The molecule has 0 saturated carbocycles. The molecule has 6 heteroatoms. The Morgan fingerprint density at radius 3 is 1.80 bits per heavy atom. The van der Waals surface area contributed by atoms with Gasteiger partial charge in [0.25, 0.3) is 0 Å². The van der Waals surface area contributed by atoms with Crippen molar-refractivity contribution in [3.63, 3.8) is 0 Å². The van der Waals surface area contributed by atoms with Crippen LogP contribution >= 0.6 is 0 Å². The minimum absolute atomic E-state index is 0.118. The van der Waals surface area contributed by atoms with Gasteiger partial charge in [-0.1, -0.05) is 102 Å². The molecule has 0 aliphatic carbocycles. The third-order valence-electron chi connectivity index (χ3n) is 6.22. The van der Waals surface area contributed by atoms with E-state index in [2.05, 4.69) is 57.9 Å². The average Bonchev–Trinajstić information content (AvgIpc) is 3.00. The van der Waals surface area contributed by atoms with Crippen LogP contribution in [0, 0.1) is 11.6 Å². The smallest absolute Gasteiger partial charge is 0.170 e. The summed E-state index contributed by atoms with van der Waals surface area (Å²) >= 11 is 0. The SMILES string of the molecule is C=C(C)/C=C\C(C)=C/C.C=C/C(=C(C)\C=C(/C)c1ccc(C(C)=O)c(F)c1F)N(N=C)C(CCC)CCC.CC.CCCO. The van der Waals surface area contributed by atoms with Crippen molar-refractivity contribution in [2.45, 2.75) is 114 Å². The highest BCUT2D eigenvalue weighted by molar-refractivity contribution is 5.94. The first-order chi connectivity index (χ1) is 20.8. The van der Waals surface area contributed by atoms with Crippen molar-refractivity contribution in [2.75, 3.05) is 6.61 Å². The zero-order valence-electron chi connectivity index (χ0n) is 29.5. The lowest BCUT2D eigenvalue weighted by Gasteiger charge is -2.30. The van der Waals surface area contributed by atoms with Crippen LogP contribution in [0.4, 0.5) is 8.78 Å². The second kappa shape index (κ2) is 27.2. The van der Waals surface area contributed by atoms with Gasteiger partial charge in [0.05, 0.1) is 17.3 Å². The third kappa shape index (κ3) is 17.7. The van der Waals surface area contributed by atoms with Crippen molar-refractivity contribution < 1.29 is 18.7 Å². The van der Waals surface area contributed by atoms with Crippen molar-refractivity contribution in [1.82, 2.24) is 5.01 Å². The predicted molar refractivity (Wildman–Crippen MR) is 190 cm³/mol. The van der Waals surface area contributed by atoms with Crippen LogP contribution in [-0.4, -0.2) is 35.3 Å². The van der Waals surface area contributed by atoms with E-state index < -0.39 is 17.4 Å². The Morgan fingerprint density at radius 1 is 0.955 bits per heavy atom. The Bertz CT molecular complexity index is 1140. The Labute approximate surface area is 268 Å². The standard InChI is InChI=1S/C24H32F2N2O.C9H14.C3H8O.C2H6/c1-8-11-19(12-9-2)28(27-7)22(10-3)17(5)15-16(4)20-13-14-21(18(6)29)24(26)23(20)25;1-5-9(4)7-6-8(2)3;1-2-3-4;1-2/h10,13-15,19H,3,7-9,11-12H2,1-2,4-6H3;5-7H,2H2,1,3-4H3;4H,2-3H2,1H3;1-2H3/b16-15+,22-17+;7-6-,9-5-;;. The van der Waals surface area contributed by atoms with E-state index in [-0.39, 0.29) is 17.2 Å². The van der Waals surface area contributed by atoms with E-state index in [0.29, 0.717) is 12.2 Å². The molecule has 0 aromatic heterocycles. The molecule has 1 aromatic rings. The maximum absolute atomic E-state index is 14.5. The zero-order chi connectivity index (χ0) is 34.8. The molecule has 0 radical (unpaired) electrons. The lowest BCUT2D eigenvalue weighted by atomic mass is 9.99. The number of carbonyl (C=O) groups excluding carboxylic acids is 1. The van der Waals surface area contributed by atoms with Crippen molar-refractivity contribution in [2.24, 2.45) is 5.10 Å². The van der Waals surface area contributed by atoms with Crippen molar-refractivity contribution in [1.29, 1.82) is 0 Å². The van der Waals surface area contributed by atoms with Gasteiger partial charge in [0.15, 0.2) is 17.4 Å². The molecule has 1 N–H and O–H groups in total. The topological polar surface area (TPSA) is 52.9 Å². The molecule has 0 aliphatic rings. The molecular weight excluding hydrogens is 554 g/mol.